The fourth-order valence-electron chi connectivity index (χ4n) is 9.03. The summed E-state index contributed by atoms with van der Waals surface area (Å²) in [6.45, 7) is 7.86. The number of fused-ring (bicyclic) bond motifs is 3. The summed E-state index contributed by atoms with van der Waals surface area (Å²) in [7, 11) is 0. The second-order valence-corrected chi connectivity index (χ2v) is 15.2. The molecule has 2 saturated heterocycles. The first kappa shape index (κ1) is 34.2. The molecule has 3 atom stereocenters. The maximum Gasteiger partial charge on any atom is 0.307 e. The number of nitriles is 1. The van der Waals surface area contributed by atoms with Crippen LogP contribution in [0.2, 0.25) is 0 Å². The number of likely N-dealkylation sites (tertiary alicyclic amines) is 2. The molecule has 5 heterocycles. The summed E-state index contributed by atoms with van der Waals surface area (Å²) in [6.07, 6.45) is 6.59. The Morgan fingerprint density at radius 3 is 2.56 bits per heavy atom. The molecule has 3 aliphatic rings. The third kappa shape index (κ3) is 5.99. The summed E-state index contributed by atoms with van der Waals surface area (Å²) in [4.78, 5) is 25.7. The van der Waals surface area contributed by atoms with Crippen molar-refractivity contribution in [2.75, 3.05) is 31.5 Å². The molecular weight excluding hydrogens is 677 g/mol. The van der Waals surface area contributed by atoms with Crippen molar-refractivity contribution in [1.29, 1.82) is 5.26 Å². The summed E-state index contributed by atoms with van der Waals surface area (Å²) in [5, 5.41) is 35.4. The summed E-state index contributed by atoms with van der Waals surface area (Å²) < 4.78 is 6.55. The minimum absolute atomic E-state index is 0.112. The van der Waals surface area contributed by atoms with E-state index < -0.39 is 5.97 Å². The number of anilines is 2. The van der Waals surface area contributed by atoms with Crippen molar-refractivity contribution in [3.05, 3.63) is 106 Å². The van der Waals surface area contributed by atoms with Crippen LogP contribution in [0.15, 0.2) is 77.5 Å². The molecule has 3 N–H and O–H groups in total. The predicted octanol–water partition coefficient (Wildman–Crippen LogP) is 7.90. The van der Waals surface area contributed by atoms with Gasteiger partial charge in [0.1, 0.15) is 17.3 Å². The molecule has 3 aromatic heterocycles. The normalized spacial score (nSPS) is 20.1. The van der Waals surface area contributed by atoms with Crippen LogP contribution in [0.4, 0.5) is 11.5 Å². The van der Waals surface area contributed by atoms with Gasteiger partial charge in [0, 0.05) is 66.6 Å². The summed E-state index contributed by atoms with van der Waals surface area (Å²) in [6, 6.07) is 23.4. The van der Waals surface area contributed by atoms with E-state index in [-0.39, 0.29) is 18.1 Å². The van der Waals surface area contributed by atoms with Crippen molar-refractivity contribution in [3.8, 4) is 28.5 Å². The minimum atomic E-state index is -0.733. The van der Waals surface area contributed by atoms with Crippen molar-refractivity contribution in [3.63, 3.8) is 0 Å². The summed E-state index contributed by atoms with van der Waals surface area (Å²) in [5.41, 5.74) is 11.5. The van der Waals surface area contributed by atoms with Gasteiger partial charge in [0.15, 0.2) is 11.4 Å². The molecule has 0 amide bonds. The summed E-state index contributed by atoms with van der Waals surface area (Å²) in [5.74, 6) is 0.333. The fourth-order valence-corrected chi connectivity index (χ4v) is 9.03. The Morgan fingerprint density at radius 2 is 1.78 bits per heavy atom. The number of rotatable bonds is 8. The Hall–Kier alpha value is -5.60. The lowest BCUT2D eigenvalue weighted by Gasteiger charge is -2.24. The van der Waals surface area contributed by atoms with Crippen molar-refractivity contribution in [2.45, 2.75) is 58.2 Å². The predicted molar refractivity (Wildman–Crippen MR) is 208 cm³/mol. The highest BCUT2D eigenvalue weighted by molar-refractivity contribution is 5.93. The molecule has 0 unspecified atom stereocenters. The number of benzene rings is 3. The number of β-amino-alcohol motifs (C(OH)–C–C–N with tert-alkyl or cyclic N) is 1. The van der Waals surface area contributed by atoms with Crippen molar-refractivity contribution >= 4 is 39.3 Å². The molecule has 1 aliphatic carbocycles. The molecule has 54 heavy (non-hydrogen) atoms. The van der Waals surface area contributed by atoms with Gasteiger partial charge in [-0.3, -0.25) is 19.6 Å². The zero-order valence-electron chi connectivity index (χ0n) is 30.5. The Morgan fingerprint density at radius 1 is 0.963 bits per heavy atom. The quantitative estimate of drug-likeness (QED) is 0.142. The van der Waals surface area contributed by atoms with Crippen molar-refractivity contribution in [2.24, 2.45) is 5.92 Å². The lowest BCUT2D eigenvalue weighted by molar-refractivity contribution is -0.141. The molecule has 2 aliphatic heterocycles. The molecule has 2 fully saturated rings. The molecule has 3 aromatic carbocycles. The van der Waals surface area contributed by atoms with Gasteiger partial charge in [0.2, 0.25) is 0 Å². The lowest BCUT2D eigenvalue weighted by Crippen LogP contribution is -2.26. The van der Waals surface area contributed by atoms with E-state index in [1.54, 1.807) is 0 Å². The van der Waals surface area contributed by atoms with Gasteiger partial charge in [-0.2, -0.15) is 5.26 Å². The number of hydrogen-bond acceptors (Lipinski definition) is 9. The average molecular weight is 719 g/mol. The van der Waals surface area contributed by atoms with E-state index in [1.165, 1.54) is 0 Å². The molecule has 0 spiro atoms. The van der Waals surface area contributed by atoms with E-state index in [2.05, 4.69) is 88.5 Å². The van der Waals surface area contributed by atoms with Crippen LogP contribution in [-0.2, 0) is 17.8 Å². The van der Waals surface area contributed by atoms with E-state index in [4.69, 9.17) is 9.40 Å². The SMILES string of the molecule is Cc1c(Nc2nccc3cc(CN4CC[C@@H](O)C4)cnc23)cccc1-c1cccc(-c2cc3cc4c(c(C#N)c3o2)CC[C@H]4N2CC[C@@H](C(=O)O)C2)c1C. The minimum Gasteiger partial charge on any atom is -0.481 e. The van der Waals surface area contributed by atoms with E-state index in [1.807, 2.05) is 24.5 Å². The average Bonchev–Trinajstić information content (AvgIpc) is 3.99. The van der Waals surface area contributed by atoms with Gasteiger partial charge < -0.3 is 19.9 Å². The topological polar surface area (TPSA) is 139 Å². The van der Waals surface area contributed by atoms with Gasteiger partial charge in [-0.05, 0) is 115 Å². The molecular formula is C44H42N6O4. The summed E-state index contributed by atoms with van der Waals surface area (Å²) >= 11 is 0. The van der Waals surface area contributed by atoms with Gasteiger partial charge in [-0.15, -0.1) is 0 Å². The number of aliphatic hydroxyl groups is 1. The zero-order chi connectivity index (χ0) is 37.1. The second-order valence-electron chi connectivity index (χ2n) is 15.2. The first-order chi connectivity index (χ1) is 26.2. The van der Waals surface area contributed by atoms with E-state index >= 15 is 0 Å². The van der Waals surface area contributed by atoms with E-state index in [9.17, 15) is 20.3 Å². The highest BCUT2D eigenvalue weighted by Crippen LogP contribution is 2.45. The van der Waals surface area contributed by atoms with Crippen LogP contribution in [0.1, 0.15) is 58.7 Å². The lowest BCUT2D eigenvalue weighted by atomic mass is 9.92. The Labute approximate surface area is 313 Å². The Bertz CT molecular complexity index is 2500. The number of carbonyl (C=O) groups is 1. The Kier molecular flexibility index (Phi) is 8.65. The van der Waals surface area contributed by atoms with Crippen LogP contribution >= 0.6 is 0 Å². The van der Waals surface area contributed by atoms with Gasteiger partial charge in [-0.1, -0.05) is 30.3 Å². The van der Waals surface area contributed by atoms with E-state index in [0.29, 0.717) is 42.2 Å². The number of nitrogens with one attached hydrogen (secondary N) is 1. The largest absolute Gasteiger partial charge is 0.481 e. The molecule has 0 saturated carbocycles. The number of carboxylic acid groups (broad SMARTS) is 1. The van der Waals surface area contributed by atoms with Gasteiger partial charge in [0.25, 0.3) is 0 Å². The van der Waals surface area contributed by atoms with Gasteiger partial charge >= 0.3 is 5.97 Å². The second kappa shape index (κ2) is 13.7. The fraction of sp³-hybridized carbons (Fsp3) is 0.318. The van der Waals surface area contributed by atoms with Crippen LogP contribution < -0.4 is 5.32 Å². The molecule has 10 nitrogen and oxygen atoms in total. The molecule has 0 bridgehead atoms. The highest BCUT2D eigenvalue weighted by atomic mass is 16.4. The monoisotopic (exact) mass is 718 g/mol. The van der Waals surface area contributed by atoms with Crippen LogP contribution in [0.3, 0.4) is 0 Å². The van der Waals surface area contributed by atoms with Crippen LogP contribution in [0.5, 0.6) is 0 Å². The number of pyridine rings is 2. The molecule has 10 heteroatoms. The maximum absolute atomic E-state index is 11.7. The number of aromatic nitrogens is 2. The number of hydrogen-bond donors (Lipinski definition) is 3. The standard InChI is InChI=1S/C44H42N6O4/c1-25-32(33-6-4-8-38(26(33)2)48-43-41-28(11-14-46-43)17-27(21-47-41)22-49-15-13-31(51)24-49)5-3-7-34(25)40-19-30-18-36-35(37(20-45)42(30)54-40)9-10-39(36)50-16-12-29(23-50)44(52)53/h3-8,11,14,17-19,21,29,31,39,51H,9-10,12-13,15-16,22-24H2,1-2H3,(H,46,48)(H,52,53)/t29-,31-,39-/m1/s1. The highest BCUT2D eigenvalue weighted by Gasteiger charge is 2.37. The molecule has 0 radical (unpaired) electrons. The Balaban J connectivity index is 1.01. The molecule has 272 valence electrons. The maximum atomic E-state index is 11.7. The first-order valence-electron chi connectivity index (χ1n) is 18.8. The third-order valence-corrected chi connectivity index (χ3v) is 11.9. The number of aliphatic hydroxyl groups excluding tert-OH is 1. The molecule has 9 rings (SSSR count). The van der Waals surface area contributed by atoms with Crippen molar-refractivity contribution in [1.82, 2.24) is 19.8 Å². The molecule has 6 aromatic rings. The number of aliphatic carboxylic acids is 1. The third-order valence-electron chi connectivity index (χ3n) is 11.9. The zero-order valence-corrected chi connectivity index (χ0v) is 30.5. The van der Waals surface area contributed by atoms with E-state index in [0.717, 1.165) is 105 Å². The van der Waals surface area contributed by atoms with Crippen LogP contribution in [-0.4, -0.2) is 68.2 Å². The number of nitrogens with zero attached hydrogens (tertiary/aromatic N) is 5. The number of carboxylic acids is 1. The first-order valence-corrected chi connectivity index (χ1v) is 18.8. The number of furan rings is 1. The van der Waals surface area contributed by atoms with Crippen LogP contribution in [0, 0.1) is 31.1 Å². The van der Waals surface area contributed by atoms with Gasteiger partial charge in [0.05, 0.1) is 17.6 Å². The van der Waals surface area contributed by atoms with Gasteiger partial charge in [-0.25, -0.2) is 4.98 Å². The van der Waals surface area contributed by atoms with Crippen molar-refractivity contribution < 1.29 is 19.4 Å². The van der Waals surface area contributed by atoms with Crippen LogP contribution in [0.25, 0.3) is 44.3 Å². The smallest absolute Gasteiger partial charge is 0.307 e.